The summed E-state index contributed by atoms with van der Waals surface area (Å²) in [5, 5.41) is 10.9. The molecule has 6 nitrogen and oxygen atoms in total. The van der Waals surface area contributed by atoms with E-state index in [1.54, 1.807) is 11.0 Å². The smallest absolute Gasteiger partial charge is 0.222 e. The summed E-state index contributed by atoms with van der Waals surface area (Å²) in [7, 11) is 0. The van der Waals surface area contributed by atoms with Gasteiger partial charge in [-0.25, -0.2) is 0 Å². The van der Waals surface area contributed by atoms with E-state index in [-0.39, 0.29) is 18.0 Å². The molecule has 2 unspecified atom stereocenters. The number of rotatable bonds is 2. The third-order valence-electron chi connectivity index (χ3n) is 2.64. The molecule has 82 valence electrons. The van der Waals surface area contributed by atoms with E-state index in [0.29, 0.717) is 5.82 Å². The van der Waals surface area contributed by atoms with E-state index >= 15 is 0 Å². The van der Waals surface area contributed by atoms with Crippen LogP contribution in [0.15, 0.2) is 6.20 Å². The van der Waals surface area contributed by atoms with Gasteiger partial charge in [0.25, 0.3) is 0 Å². The zero-order valence-corrected chi connectivity index (χ0v) is 8.68. The van der Waals surface area contributed by atoms with E-state index in [1.165, 1.54) is 6.92 Å². The fraction of sp³-hybridized carbons (Fsp3) is 0.667. The van der Waals surface area contributed by atoms with Gasteiger partial charge < -0.3 is 11.1 Å². The van der Waals surface area contributed by atoms with Crippen LogP contribution in [0, 0.1) is 0 Å². The second kappa shape index (κ2) is 3.98. The van der Waals surface area contributed by atoms with Gasteiger partial charge >= 0.3 is 0 Å². The highest BCUT2D eigenvalue weighted by molar-refractivity contribution is 5.87. The number of nitrogens with zero attached hydrogens (tertiary/aromatic N) is 3. The quantitative estimate of drug-likeness (QED) is 0.733. The molecule has 15 heavy (non-hydrogen) atoms. The van der Waals surface area contributed by atoms with E-state index in [0.717, 1.165) is 19.3 Å². The largest absolute Gasteiger partial charge is 0.326 e. The molecule has 1 aromatic rings. The Balaban J connectivity index is 2.09. The van der Waals surface area contributed by atoms with E-state index in [9.17, 15) is 4.79 Å². The fourth-order valence-electron chi connectivity index (χ4n) is 1.93. The summed E-state index contributed by atoms with van der Waals surface area (Å²) >= 11 is 0. The Bertz CT molecular complexity index is 361. The predicted octanol–water partition coefficient (Wildman–Crippen LogP) is 0.289. The van der Waals surface area contributed by atoms with E-state index in [1.807, 2.05) is 0 Å². The maximum atomic E-state index is 10.8. The lowest BCUT2D eigenvalue weighted by Gasteiger charge is -2.13. The Morgan fingerprint density at radius 3 is 3.07 bits per heavy atom. The summed E-state index contributed by atoms with van der Waals surface area (Å²) in [6.07, 6.45) is 4.69. The third kappa shape index (κ3) is 2.15. The molecule has 0 bridgehead atoms. The van der Waals surface area contributed by atoms with Crippen LogP contribution in [0.2, 0.25) is 0 Å². The molecule has 1 aliphatic rings. The number of carbonyl (C=O) groups is 1. The first-order chi connectivity index (χ1) is 7.16. The molecule has 1 aromatic heterocycles. The number of nitrogens with one attached hydrogen (secondary N) is 1. The van der Waals surface area contributed by atoms with Crippen molar-refractivity contribution in [2.75, 3.05) is 5.32 Å². The average molecular weight is 209 g/mol. The zero-order chi connectivity index (χ0) is 10.8. The fourth-order valence-corrected chi connectivity index (χ4v) is 1.93. The SMILES string of the molecule is CC(=O)Nc1cnn(C2CCCC2N)n1. The number of anilines is 1. The highest BCUT2D eigenvalue weighted by Gasteiger charge is 2.27. The predicted molar refractivity (Wildman–Crippen MR) is 55.2 cm³/mol. The van der Waals surface area contributed by atoms with Crippen LogP contribution in [-0.2, 0) is 4.79 Å². The van der Waals surface area contributed by atoms with Gasteiger partial charge in [-0.05, 0) is 19.3 Å². The first-order valence-corrected chi connectivity index (χ1v) is 5.12. The van der Waals surface area contributed by atoms with Crippen molar-refractivity contribution >= 4 is 11.7 Å². The number of hydrogen-bond donors (Lipinski definition) is 2. The molecule has 0 aromatic carbocycles. The van der Waals surface area contributed by atoms with Crippen LogP contribution in [0.1, 0.15) is 32.2 Å². The zero-order valence-electron chi connectivity index (χ0n) is 8.68. The summed E-state index contributed by atoms with van der Waals surface area (Å²) < 4.78 is 0. The Kier molecular flexibility index (Phi) is 2.68. The second-order valence-corrected chi connectivity index (χ2v) is 3.89. The van der Waals surface area contributed by atoms with Crippen molar-refractivity contribution in [1.82, 2.24) is 15.0 Å². The molecular formula is C9H15N5O. The molecule has 0 saturated heterocycles. The van der Waals surface area contributed by atoms with Crippen LogP contribution >= 0.6 is 0 Å². The minimum atomic E-state index is -0.141. The van der Waals surface area contributed by atoms with Gasteiger partial charge in [-0.2, -0.15) is 9.90 Å². The van der Waals surface area contributed by atoms with Crippen LogP contribution in [0.4, 0.5) is 5.82 Å². The van der Waals surface area contributed by atoms with Crippen molar-refractivity contribution in [2.24, 2.45) is 5.73 Å². The van der Waals surface area contributed by atoms with E-state index in [4.69, 9.17) is 5.73 Å². The number of carbonyl (C=O) groups excluding carboxylic acids is 1. The van der Waals surface area contributed by atoms with Crippen LogP contribution in [0.3, 0.4) is 0 Å². The van der Waals surface area contributed by atoms with Gasteiger partial charge in [0.2, 0.25) is 5.91 Å². The number of nitrogens with two attached hydrogens (primary N) is 1. The summed E-state index contributed by atoms with van der Waals surface area (Å²) in [6, 6.07) is 0.301. The molecule has 6 heteroatoms. The summed E-state index contributed by atoms with van der Waals surface area (Å²) in [6.45, 7) is 1.44. The molecule has 0 aliphatic heterocycles. The van der Waals surface area contributed by atoms with Gasteiger partial charge in [0.15, 0.2) is 5.82 Å². The maximum Gasteiger partial charge on any atom is 0.222 e. The molecule has 2 rings (SSSR count). The minimum Gasteiger partial charge on any atom is -0.326 e. The highest BCUT2D eigenvalue weighted by Crippen LogP contribution is 2.27. The minimum absolute atomic E-state index is 0.127. The molecule has 0 spiro atoms. The monoisotopic (exact) mass is 209 g/mol. The molecule has 0 radical (unpaired) electrons. The average Bonchev–Trinajstić information content (AvgIpc) is 2.72. The van der Waals surface area contributed by atoms with Gasteiger partial charge in [-0.3, -0.25) is 4.79 Å². The van der Waals surface area contributed by atoms with Crippen molar-refractivity contribution < 1.29 is 4.79 Å². The first kappa shape index (κ1) is 10.1. The molecule has 1 aliphatic carbocycles. The van der Waals surface area contributed by atoms with Gasteiger partial charge in [-0.15, -0.1) is 5.10 Å². The molecule has 3 N–H and O–H groups in total. The van der Waals surface area contributed by atoms with Crippen molar-refractivity contribution in [3.05, 3.63) is 6.20 Å². The standard InChI is InChI=1S/C9H15N5O/c1-6(15)12-9-5-11-14(13-9)8-4-2-3-7(8)10/h5,7-8H,2-4,10H2,1H3,(H,12,13,15). The molecular weight excluding hydrogens is 194 g/mol. The summed E-state index contributed by atoms with van der Waals surface area (Å²) in [5.74, 6) is 0.347. The topological polar surface area (TPSA) is 85.8 Å². The van der Waals surface area contributed by atoms with Gasteiger partial charge in [0.05, 0.1) is 12.2 Å². The Morgan fingerprint density at radius 1 is 1.67 bits per heavy atom. The Hall–Kier alpha value is -1.43. The lowest BCUT2D eigenvalue weighted by atomic mass is 10.2. The maximum absolute atomic E-state index is 10.8. The Morgan fingerprint density at radius 2 is 2.47 bits per heavy atom. The lowest BCUT2D eigenvalue weighted by Crippen LogP contribution is -2.28. The van der Waals surface area contributed by atoms with Crippen molar-refractivity contribution in [1.29, 1.82) is 0 Å². The van der Waals surface area contributed by atoms with Gasteiger partial charge in [0.1, 0.15) is 0 Å². The van der Waals surface area contributed by atoms with Crippen molar-refractivity contribution in [3.63, 3.8) is 0 Å². The summed E-state index contributed by atoms with van der Waals surface area (Å²) in [5.41, 5.74) is 5.93. The van der Waals surface area contributed by atoms with Gasteiger partial charge in [-0.1, -0.05) is 0 Å². The van der Waals surface area contributed by atoms with Crippen LogP contribution in [0.5, 0.6) is 0 Å². The van der Waals surface area contributed by atoms with Crippen LogP contribution in [-0.4, -0.2) is 26.9 Å². The summed E-state index contributed by atoms with van der Waals surface area (Å²) in [4.78, 5) is 12.4. The normalized spacial score (nSPS) is 25.5. The number of aromatic nitrogens is 3. The van der Waals surface area contributed by atoms with Crippen LogP contribution < -0.4 is 11.1 Å². The van der Waals surface area contributed by atoms with Crippen molar-refractivity contribution in [2.45, 2.75) is 38.3 Å². The molecule has 2 atom stereocenters. The van der Waals surface area contributed by atoms with Crippen molar-refractivity contribution in [3.8, 4) is 0 Å². The van der Waals surface area contributed by atoms with E-state index in [2.05, 4.69) is 15.5 Å². The lowest BCUT2D eigenvalue weighted by molar-refractivity contribution is -0.114. The molecule has 1 heterocycles. The Labute approximate surface area is 87.8 Å². The number of amides is 1. The molecule has 1 fully saturated rings. The highest BCUT2D eigenvalue weighted by atomic mass is 16.1. The van der Waals surface area contributed by atoms with E-state index < -0.39 is 0 Å². The van der Waals surface area contributed by atoms with Crippen LogP contribution in [0.25, 0.3) is 0 Å². The molecule has 1 amide bonds. The van der Waals surface area contributed by atoms with Gasteiger partial charge in [0, 0.05) is 13.0 Å². The first-order valence-electron chi connectivity index (χ1n) is 5.12. The third-order valence-corrected chi connectivity index (χ3v) is 2.64. The second-order valence-electron chi connectivity index (χ2n) is 3.89. The molecule has 1 saturated carbocycles. The number of hydrogen-bond acceptors (Lipinski definition) is 4.